The highest BCUT2D eigenvalue weighted by atomic mass is 19.1. The lowest BCUT2D eigenvalue weighted by atomic mass is 10.1. The van der Waals surface area contributed by atoms with Crippen molar-refractivity contribution in [1.29, 1.82) is 0 Å². The molecule has 0 radical (unpaired) electrons. The number of carbonyl (C=O) groups is 1. The van der Waals surface area contributed by atoms with E-state index >= 15 is 0 Å². The standard InChI is InChI=1S/C20H22F2N2O4/c1-24(10-13-3-4-18(26-2)17(22)7-13)20(25)23-6-5-14-8-16(21)9-15-11-27-12-28-19(14)15/h3-4,7-9H,5-6,10-12H2,1-2H3,(H,23,25). The SMILES string of the molecule is COc1ccc(CN(C)C(=O)NCCc2cc(F)cc3c2OCOC3)cc1F. The van der Waals surface area contributed by atoms with Crippen molar-refractivity contribution in [3.63, 3.8) is 0 Å². The number of amides is 2. The Morgan fingerprint density at radius 2 is 2.11 bits per heavy atom. The fourth-order valence-electron chi connectivity index (χ4n) is 3.04. The monoisotopic (exact) mass is 392 g/mol. The van der Waals surface area contributed by atoms with Crippen LogP contribution in [0.15, 0.2) is 30.3 Å². The summed E-state index contributed by atoms with van der Waals surface area (Å²) >= 11 is 0. The Balaban J connectivity index is 1.54. The van der Waals surface area contributed by atoms with E-state index in [1.54, 1.807) is 13.1 Å². The molecule has 0 bridgehead atoms. The van der Waals surface area contributed by atoms with Gasteiger partial charge in [0.25, 0.3) is 0 Å². The second-order valence-corrected chi connectivity index (χ2v) is 6.47. The molecule has 8 heteroatoms. The Labute approximate surface area is 162 Å². The zero-order chi connectivity index (χ0) is 20.1. The van der Waals surface area contributed by atoms with E-state index in [1.165, 1.54) is 36.3 Å². The summed E-state index contributed by atoms with van der Waals surface area (Å²) in [5, 5.41) is 2.77. The molecule has 150 valence electrons. The molecule has 0 aromatic heterocycles. The van der Waals surface area contributed by atoms with E-state index in [9.17, 15) is 13.6 Å². The number of benzene rings is 2. The van der Waals surface area contributed by atoms with Crippen LogP contribution in [-0.2, 0) is 24.3 Å². The van der Waals surface area contributed by atoms with Gasteiger partial charge in [0.05, 0.1) is 13.7 Å². The average molecular weight is 392 g/mol. The highest BCUT2D eigenvalue weighted by Crippen LogP contribution is 2.29. The third-order valence-electron chi connectivity index (χ3n) is 4.40. The van der Waals surface area contributed by atoms with Gasteiger partial charge in [0.1, 0.15) is 11.6 Å². The normalized spacial score (nSPS) is 12.7. The van der Waals surface area contributed by atoms with E-state index in [-0.39, 0.29) is 30.9 Å². The van der Waals surface area contributed by atoms with Gasteiger partial charge in [-0.3, -0.25) is 0 Å². The Kier molecular flexibility index (Phi) is 6.30. The van der Waals surface area contributed by atoms with Crippen LogP contribution in [0.1, 0.15) is 16.7 Å². The number of hydrogen-bond acceptors (Lipinski definition) is 4. The van der Waals surface area contributed by atoms with Crippen molar-refractivity contribution in [2.24, 2.45) is 0 Å². The molecule has 1 heterocycles. The highest BCUT2D eigenvalue weighted by molar-refractivity contribution is 5.73. The van der Waals surface area contributed by atoms with E-state index < -0.39 is 5.82 Å². The van der Waals surface area contributed by atoms with Gasteiger partial charge in [-0.15, -0.1) is 0 Å². The molecular formula is C20H22F2N2O4. The first kappa shape index (κ1) is 19.9. The molecule has 0 unspecified atom stereocenters. The Morgan fingerprint density at radius 1 is 1.29 bits per heavy atom. The van der Waals surface area contributed by atoms with Gasteiger partial charge in [-0.2, -0.15) is 0 Å². The molecule has 1 N–H and O–H groups in total. The van der Waals surface area contributed by atoms with E-state index in [4.69, 9.17) is 14.2 Å². The lowest BCUT2D eigenvalue weighted by molar-refractivity contribution is -0.0172. The van der Waals surface area contributed by atoms with Crippen LogP contribution in [0.5, 0.6) is 11.5 Å². The average Bonchev–Trinajstić information content (AvgIpc) is 2.67. The number of nitrogens with zero attached hydrogens (tertiary/aromatic N) is 1. The number of halogens is 2. The van der Waals surface area contributed by atoms with E-state index in [0.717, 1.165) is 0 Å². The largest absolute Gasteiger partial charge is 0.494 e. The number of nitrogens with one attached hydrogen (secondary N) is 1. The number of urea groups is 1. The molecular weight excluding hydrogens is 370 g/mol. The van der Waals surface area contributed by atoms with E-state index in [1.807, 2.05) is 0 Å². The van der Waals surface area contributed by atoms with Gasteiger partial charge in [-0.25, -0.2) is 13.6 Å². The van der Waals surface area contributed by atoms with Crippen molar-refractivity contribution in [2.45, 2.75) is 19.6 Å². The molecule has 2 amide bonds. The van der Waals surface area contributed by atoms with Gasteiger partial charge in [0.2, 0.25) is 0 Å². The molecule has 6 nitrogen and oxygen atoms in total. The predicted octanol–water partition coefficient (Wildman–Crippen LogP) is 3.22. The minimum absolute atomic E-state index is 0.124. The number of ether oxygens (including phenoxy) is 3. The van der Waals surface area contributed by atoms with E-state index in [2.05, 4.69) is 5.32 Å². The lowest BCUT2D eigenvalue weighted by Gasteiger charge is -2.21. The summed E-state index contributed by atoms with van der Waals surface area (Å²) in [6, 6.07) is 7.03. The Hall–Kier alpha value is -2.87. The van der Waals surface area contributed by atoms with Gasteiger partial charge >= 0.3 is 6.03 Å². The van der Waals surface area contributed by atoms with Crippen molar-refractivity contribution >= 4 is 6.03 Å². The molecule has 0 spiro atoms. The third-order valence-corrected chi connectivity index (χ3v) is 4.40. The van der Waals surface area contributed by atoms with Crippen molar-refractivity contribution in [3.8, 4) is 11.5 Å². The zero-order valence-electron chi connectivity index (χ0n) is 15.8. The van der Waals surface area contributed by atoms with Crippen LogP contribution in [-0.4, -0.2) is 38.4 Å². The molecule has 1 aliphatic heterocycles. The molecule has 0 aliphatic carbocycles. The number of hydrogen-bond donors (Lipinski definition) is 1. The first-order valence-corrected chi connectivity index (χ1v) is 8.81. The molecule has 2 aromatic carbocycles. The molecule has 3 rings (SSSR count). The fraction of sp³-hybridized carbons (Fsp3) is 0.350. The summed E-state index contributed by atoms with van der Waals surface area (Å²) in [6.07, 6.45) is 0.414. The number of carbonyl (C=O) groups excluding carboxylic acids is 1. The first-order chi connectivity index (χ1) is 13.5. The Bertz CT molecular complexity index is 860. The maximum absolute atomic E-state index is 13.8. The first-order valence-electron chi connectivity index (χ1n) is 8.81. The molecule has 2 aromatic rings. The number of rotatable bonds is 6. The second kappa shape index (κ2) is 8.88. The van der Waals surface area contributed by atoms with Gasteiger partial charge < -0.3 is 24.4 Å². The quantitative estimate of drug-likeness (QED) is 0.820. The molecule has 28 heavy (non-hydrogen) atoms. The van der Waals surface area contributed by atoms with Crippen molar-refractivity contribution < 1.29 is 27.8 Å². The fourth-order valence-corrected chi connectivity index (χ4v) is 3.04. The smallest absolute Gasteiger partial charge is 0.317 e. The lowest BCUT2D eigenvalue weighted by Crippen LogP contribution is -2.37. The summed E-state index contributed by atoms with van der Waals surface area (Å²) in [4.78, 5) is 13.7. The minimum atomic E-state index is -0.478. The summed E-state index contributed by atoms with van der Waals surface area (Å²) < 4.78 is 43.0. The van der Waals surface area contributed by atoms with Gasteiger partial charge in [-0.05, 0) is 41.8 Å². The van der Waals surface area contributed by atoms with Crippen molar-refractivity contribution in [2.75, 3.05) is 27.5 Å². The Morgan fingerprint density at radius 3 is 2.86 bits per heavy atom. The molecule has 0 atom stereocenters. The predicted molar refractivity (Wildman–Crippen MR) is 98.2 cm³/mol. The molecule has 0 saturated carbocycles. The van der Waals surface area contributed by atoms with Crippen LogP contribution in [0.3, 0.4) is 0 Å². The maximum atomic E-state index is 13.8. The third kappa shape index (κ3) is 4.69. The summed E-state index contributed by atoms with van der Waals surface area (Å²) in [6.45, 7) is 0.968. The van der Waals surface area contributed by atoms with Crippen LogP contribution in [0.2, 0.25) is 0 Å². The highest BCUT2D eigenvalue weighted by Gasteiger charge is 2.17. The van der Waals surface area contributed by atoms with Crippen LogP contribution in [0.25, 0.3) is 0 Å². The molecule has 0 saturated heterocycles. The topological polar surface area (TPSA) is 60.0 Å². The summed E-state index contributed by atoms with van der Waals surface area (Å²) in [5.74, 6) is -0.0765. The van der Waals surface area contributed by atoms with Gasteiger partial charge in [0, 0.05) is 25.7 Å². The maximum Gasteiger partial charge on any atom is 0.317 e. The number of methoxy groups -OCH3 is 1. The van der Waals surface area contributed by atoms with Crippen LogP contribution in [0, 0.1) is 11.6 Å². The summed E-state index contributed by atoms with van der Waals surface area (Å²) in [7, 11) is 3.01. The molecule has 1 aliphatic rings. The number of fused-ring (bicyclic) bond motifs is 1. The van der Waals surface area contributed by atoms with Crippen LogP contribution in [0.4, 0.5) is 13.6 Å². The van der Waals surface area contributed by atoms with Gasteiger partial charge in [0.15, 0.2) is 18.4 Å². The van der Waals surface area contributed by atoms with Crippen molar-refractivity contribution in [1.82, 2.24) is 10.2 Å². The van der Waals surface area contributed by atoms with Gasteiger partial charge in [-0.1, -0.05) is 6.07 Å². The second-order valence-electron chi connectivity index (χ2n) is 6.47. The minimum Gasteiger partial charge on any atom is -0.494 e. The summed E-state index contributed by atoms with van der Waals surface area (Å²) in [5.41, 5.74) is 1.98. The van der Waals surface area contributed by atoms with Crippen LogP contribution < -0.4 is 14.8 Å². The van der Waals surface area contributed by atoms with E-state index in [0.29, 0.717) is 42.0 Å². The van der Waals surface area contributed by atoms with Crippen molar-refractivity contribution in [3.05, 3.63) is 58.7 Å². The van der Waals surface area contributed by atoms with Crippen LogP contribution >= 0.6 is 0 Å². The molecule has 0 fully saturated rings. The zero-order valence-corrected chi connectivity index (χ0v) is 15.8.